The van der Waals surface area contributed by atoms with Crippen LogP contribution in [0.1, 0.15) is 11.1 Å². The number of rotatable bonds is 5. The van der Waals surface area contributed by atoms with Crippen LogP contribution in [0.3, 0.4) is 0 Å². The predicted octanol–water partition coefficient (Wildman–Crippen LogP) is 6.37. The van der Waals surface area contributed by atoms with E-state index in [1.54, 1.807) is 30.3 Å². The molecule has 1 heterocycles. The van der Waals surface area contributed by atoms with Crippen LogP contribution in [0.15, 0.2) is 83.4 Å². The number of hydrogen-bond donors (Lipinski definition) is 1. The fourth-order valence-corrected chi connectivity index (χ4v) is 5.17. The van der Waals surface area contributed by atoms with Crippen molar-refractivity contribution in [1.82, 2.24) is 0 Å². The molecule has 1 atom stereocenters. The lowest BCUT2D eigenvalue weighted by atomic mass is 10.1. The van der Waals surface area contributed by atoms with Crippen molar-refractivity contribution in [3.05, 3.63) is 105 Å². The summed E-state index contributed by atoms with van der Waals surface area (Å²) in [5, 5.41) is 13.5. The number of hydrogen-bond acceptors (Lipinski definition) is 4. The summed E-state index contributed by atoms with van der Waals surface area (Å²) in [6, 6.07) is 23.3. The van der Waals surface area contributed by atoms with Crippen LogP contribution >= 0.6 is 35.0 Å². The molecule has 170 valence electrons. The van der Waals surface area contributed by atoms with E-state index >= 15 is 0 Å². The molecule has 1 unspecified atom stereocenters. The maximum absolute atomic E-state index is 13.5. The minimum Gasteiger partial charge on any atom is -0.321 e. The molecule has 0 saturated carbocycles. The van der Waals surface area contributed by atoms with E-state index in [9.17, 15) is 14.9 Å². The average Bonchev–Trinajstić information content (AvgIpc) is 3.12. The average molecular weight is 508 g/mol. The predicted molar refractivity (Wildman–Crippen MR) is 138 cm³/mol. The Hall–Kier alpha value is -3.24. The highest BCUT2D eigenvalue weighted by Crippen LogP contribution is 2.42. The Labute approximate surface area is 212 Å². The molecule has 8 heteroatoms. The number of thioether (sulfide) groups is 1. The van der Waals surface area contributed by atoms with E-state index in [-0.39, 0.29) is 11.5 Å². The zero-order valence-electron chi connectivity index (χ0n) is 18.1. The Balaban J connectivity index is 1.72. The number of benzene rings is 3. The van der Waals surface area contributed by atoms with Crippen molar-refractivity contribution in [1.29, 1.82) is 5.26 Å². The van der Waals surface area contributed by atoms with E-state index in [1.165, 1.54) is 16.7 Å². The monoisotopic (exact) mass is 507 g/mol. The number of nitriles is 1. The van der Waals surface area contributed by atoms with Crippen molar-refractivity contribution in [2.45, 2.75) is 18.6 Å². The molecular formula is C26H19Cl2N3O2S. The lowest BCUT2D eigenvalue weighted by Crippen LogP contribution is -2.30. The van der Waals surface area contributed by atoms with Crippen LogP contribution in [0.4, 0.5) is 11.4 Å². The molecule has 0 spiro atoms. The number of carbonyl (C=O) groups excluding carboxylic acids is 2. The molecule has 1 N–H and O–H groups in total. The van der Waals surface area contributed by atoms with Crippen LogP contribution in [0.25, 0.3) is 0 Å². The third kappa shape index (κ3) is 5.28. The fraction of sp³-hybridized carbons (Fsp3) is 0.115. The first kappa shape index (κ1) is 23.9. The van der Waals surface area contributed by atoms with Crippen molar-refractivity contribution in [2.75, 3.05) is 10.2 Å². The maximum atomic E-state index is 13.5. The van der Waals surface area contributed by atoms with Crippen molar-refractivity contribution in [3.8, 4) is 6.07 Å². The molecule has 3 aromatic rings. The van der Waals surface area contributed by atoms with Crippen molar-refractivity contribution < 1.29 is 9.59 Å². The van der Waals surface area contributed by atoms with E-state index in [0.717, 1.165) is 11.1 Å². The van der Waals surface area contributed by atoms with Gasteiger partial charge in [-0.25, -0.2) is 0 Å². The second-order valence-electron chi connectivity index (χ2n) is 7.70. The molecule has 1 saturated heterocycles. The van der Waals surface area contributed by atoms with Gasteiger partial charge in [0, 0.05) is 21.4 Å². The van der Waals surface area contributed by atoms with Crippen molar-refractivity contribution in [3.63, 3.8) is 0 Å². The highest BCUT2D eigenvalue weighted by atomic mass is 35.5. The molecule has 0 aromatic heterocycles. The van der Waals surface area contributed by atoms with Gasteiger partial charge in [-0.05, 0) is 67.4 Å². The first-order chi connectivity index (χ1) is 16.4. The summed E-state index contributed by atoms with van der Waals surface area (Å²) in [6.45, 7) is 1.95. The second-order valence-corrected chi connectivity index (χ2v) is 9.77. The zero-order chi connectivity index (χ0) is 24.2. The van der Waals surface area contributed by atoms with Crippen LogP contribution in [0.5, 0.6) is 0 Å². The van der Waals surface area contributed by atoms with Gasteiger partial charge in [0.15, 0.2) is 0 Å². The van der Waals surface area contributed by atoms with Gasteiger partial charge in [-0.1, -0.05) is 64.8 Å². The molecule has 1 aliphatic rings. The van der Waals surface area contributed by atoms with Crippen molar-refractivity contribution in [2.24, 2.45) is 0 Å². The van der Waals surface area contributed by atoms with E-state index in [4.69, 9.17) is 23.2 Å². The van der Waals surface area contributed by atoms with Gasteiger partial charge >= 0.3 is 0 Å². The van der Waals surface area contributed by atoms with Gasteiger partial charge < -0.3 is 5.32 Å². The second kappa shape index (κ2) is 10.4. The molecular weight excluding hydrogens is 489 g/mol. The molecule has 34 heavy (non-hydrogen) atoms. The molecule has 4 rings (SSSR count). The van der Waals surface area contributed by atoms with Crippen LogP contribution < -0.4 is 10.2 Å². The number of nitrogens with zero attached hydrogens (tertiary/aromatic N) is 2. The van der Waals surface area contributed by atoms with Gasteiger partial charge in [-0.2, -0.15) is 5.26 Å². The topological polar surface area (TPSA) is 73.2 Å². The normalized spacial score (nSPS) is 16.8. The summed E-state index contributed by atoms with van der Waals surface area (Å²) < 4.78 is 0. The summed E-state index contributed by atoms with van der Waals surface area (Å²) >= 11 is 13.2. The van der Waals surface area contributed by atoms with Crippen LogP contribution in [0, 0.1) is 18.3 Å². The summed E-state index contributed by atoms with van der Waals surface area (Å²) in [6.07, 6.45) is 0.410. The Morgan fingerprint density at radius 2 is 1.76 bits per heavy atom. The van der Waals surface area contributed by atoms with Gasteiger partial charge in [0.2, 0.25) is 5.91 Å². The Bertz CT molecular complexity index is 1320. The number of nitrogens with one attached hydrogen (secondary N) is 1. The van der Waals surface area contributed by atoms with Crippen LogP contribution in [0.2, 0.25) is 10.0 Å². The molecule has 3 aromatic carbocycles. The van der Waals surface area contributed by atoms with Gasteiger partial charge in [-0.15, -0.1) is 0 Å². The maximum Gasteiger partial charge on any atom is 0.269 e. The molecule has 2 amide bonds. The molecule has 0 bridgehead atoms. The minimum absolute atomic E-state index is 0.137. The third-order valence-corrected chi connectivity index (χ3v) is 6.96. The Morgan fingerprint density at radius 3 is 2.41 bits per heavy atom. The van der Waals surface area contributed by atoms with Crippen LogP contribution in [-0.2, 0) is 16.0 Å². The van der Waals surface area contributed by atoms with E-state index in [0.29, 0.717) is 32.9 Å². The SMILES string of the molecule is Cc1ccc(N2C(=O)C(Cc3cccc(Cl)c3)S/C2=C(/C#N)C(=O)Nc2ccc(Cl)cc2)cc1. The fourth-order valence-electron chi connectivity index (χ4n) is 3.52. The summed E-state index contributed by atoms with van der Waals surface area (Å²) in [4.78, 5) is 28.0. The number of halogens is 2. The number of carbonyl (C=O) groups is 2. The molecule has 1 fully saturated rings. The van der Waals surface area contributed by atoms with Gasteiger partial charge in [-0.3, -0.25) is 14.5 Å². The molecule has 0 aliphatic carbocycles. The summed E-state index contributed by atoms with van der Waals surface area (Å²) in [7, 11) is 0. The first-order valence-electron chi connectivity index (χ1n) is 10.4. The number of anilines is 2. The van der Waals surface area contributed by atoms with Crippen molar-refractivity contribution >= 4 is 58.2 Å². The lowest BCUT2D eigenvalue weighted by molar-refractivity contribution is -0.117. The third-order valence-electron chi connectivity index (χ3n) is 5.21. The van der Waals surface area contributed by atoms with Gasteiger partial charge in [0.05, 0.1) is 5.25 Å². The highest BCUT2D eigenvalue weighted by molar-refractivity contribution is 8.05. The Morgan fingerprint density at radius 1 is 1.06 bits per heavy atom. The smallest absolute Gasteiger partial charge is 0.269 e. The number of amides is 2. The number of aryl methyl sites for hydroxylation is 1. The molecule has 1 aliphatic heterocycles. The largest absolute Gasteiger partial charge is 0.321 e. The first-order valence-corrected chi connectivity index (χ1v) is 12.0. The van der Waals surface area contributed by atoms with E-state index < -0.39 is 11.2 Å². The standard InChI is InChI=1S/C26H19Cl2N3O2S/c1-16-5-11-21(12-6-16)31-25(33)23(14-17-3-2-4-19(28)13-17)34-26(31)22(15-29)24(32)30-20-9-7-18(27)8-10-20/h2-13,23H,14H2,1H3,(H,30,32)/b26-22-. The lowest BCUT2D eigenvalue weighted by Gasteiger charge is -2.19. The summed E-state index contributed by atoms with van der Waals surface area (Å²) in [5.74, 6) is -0.795. The zero-order valence-corrected chi connectivity index (χ0v) is 20.4. The van der Waals surface area contributed by atoms with E-state index in [2.05, 4.69) is 5.32 Å². The van der Waals surface area contributed by atoms with Gasteiger partial charge in [0.1, 0.15) is 16.7 Å². The molecule has 0 radical (unpaired) electrons. The van der Waals surface area contributed by atoms with E-state index in [1.807, 2.05) is 55.5 Å². The van der Waals surface area contributed by atoms with Crippen LogP contribution in [-0.4, -0.2) is 17.1 Å². The quantitative estimate of drug-likeness (QED) is 0.321. The minimum atomic E-state index is -0.597. The summed E-state index contributed by atoms with van der Waals surface area (Å²) in [5.41, 5.74) is 2.88. The highest BCUT2D eigenvalue weighted by Gasteiger charge is 2.40. The molecule has 5 nitrogen and oxygen atoms in total. The van der Waals surface area contributed by atoms with Gasteiger partial charge in [0.25, 0.3) is 5.91 Å². The Kier molecular flexibility index (Phi) is 7.28.